The Morgan fingerprint density at radius 2 is 1.85 bits per heavy atom. The number of aromatic amines is 1. The molecule has 21 nitrogen and oxygen atoms in total. The third-order valence-electron chi connectivity index (χ3n) is 8.14. The molecule has 7 rings (SSSR count). The topological polar surface area (TPSA) is 292 Å². The molecule has 254 valence electrons. The zero-order chi connectivity index (χ0) is 33.5. The lowest BCUT2D eigenvalue weighted by Gasteiger charge is -2.36. The smallest absolute Gasteiger partial charge is 0.386 e. The number of aliphatic hydroxyl groups is 2. The molecular formula is C22H28N10O11P2S2. The van der Waals surface area contributed by atoms with Crippen LogP contribution in [-0.2, 0) is 43.9 Å². The number of nitrogens with zero attached hydrogens (tertiary/aromatic N) is 7. The minimum Gasteiger partial charge on any atom is -0.393 e. The molecule has 3 fully saturated rings. The number of nitrogens with two attached hydrogens (primary N) is 2. The summed E-state index contributed by atoms with van der Waals surface area (Å²) in [6.45, 7) is -8.92. The zero-order valence-electron chi connectivity index (χ0n) is 24.0. The highest BCUT2D eigenvalue weighted by molar-refractivity contribution is 8.44. The summed E-state index contributed by atoms with van der Waals surface area (Å²) in [4.78, 5) is 46.4. The quantitative estimate of drug-likeness (QED) is 0.102. The van der Waals surface area contributed by atoms with Crippen molar-refractivity contribution in [2.24, 2.45) is 5.92 Å². The molecule has 2 unspecified atom stereocenters. The number of thiol groups is 1. The van der Waals surface area contributed by atoms with Gasteiger partial charge in [0.15, 0.2) is 28.9 Å². The molecule has 8 N–H and O–H groups in total. The maximum absolute atomic E-state index is 13.7. The van der Waals surface area contributed by atoms with Crippen molar-refractivity contribution in [3.05, 3.63) is 29.3 Å². The van der Waals surface area contributed by atoms with E-state index in [1.165, 1.54) is 28.1 Å². The lowest BCUT2D eigenvalue weighted by molar-refractivity contribution is -0.144. The predicted octanol–water partition coefficient (Wildman–Crippen LogP) is -0.650. The fraction of sp³-hybridized carbons (Fsp3) is 0.545. The van der Waals surface area contributed by atoms with Gasteiger partial charge in [-0.05, 0) is 11.8 Å². The van der Waals surface area contributed by atoms with Crippen LogP contribution in [0.15, 0.2) is 23.8 Å². The van der Waals surface area contributed by atoms with Gasteiger partial charge < -0.3 is 40.6 Å². The standard InChI is InChI=1S/C22H28N10O11P2S2/c1-8-14-22(3-33,41-19(8)32-7-28-11-17(32)29-21(24)30-18(11)35)4-39-45(37,47)42-13-9(2-38-44(36,46)43-14)40-20(12(13)34)31-6-27-10-15(23)25-5-26-16(10)31/h5-9,12-14,19-20,33-34H,2-4H2,1H3,(H,36,46)(H,37,47)(H2,23,25,26)(H3,24,29,30,35)/t8-,9-,12-,13-,14+,19-,20-,22-,44?,45?/m1/s1. The monoisotopic (exact) mass is 734 g/mol. The van der Waals surface area contributed by atoms with Crippen molar-refractivity contribution in [1.29, 1.82) is 0 Å². The van der Waals surface area contributed by atoms with Gasteiger partial charge in [-0.2, -0.15) is 4.98 Å². The predicted molar refractivity (Wildman–Crippen MR) is 166 cm³/mol. The van der Waals surface area contributed by atoms with Crippen LogP contribution in [0.25, 0.3) is 22.3 Å². The van der Waals surface area contributed by atoms with Crippen molar-refractivity contribution >= 4 is 71.7 Å². The van der Waals surface area contributed by atoms with Crippen molar-refractivity contribution in [3.63, 3.8) is 0 Å². The number of anilines is 2. The van der Waals surface area contributed by atoms with Gasteiger partial charge in [-0.1, -0.05) is 19.2 Å². The van der Waals surface area contributed by atoms with Gasteiger partial charge in [0.1, 0.15) is 48.1 Å². The highest BCUT2D eigenvalue weighted by Gasteiger charge is 2.59. The first-order valence-corrected chi connectivity index (χ1v) is 19.1. The maximum Gasteiger partial charge on any atom is 0.386 e. The van der Waals surface area contributed by atoms with Crippen molar-refractivity contribution in [1.82, 2.24) is 39.0 Å². The van der Waals surface area contributed by atoms with Crippen LogP contribution in [0.4, 0.5) is 11.8 Å². The Morgan fingerprint density at radius 1 is 1.13 bits per heavy atom. The van der Waals surface area contributed by atoms with E-state index in [-0.39, 0.29) is 34.1 Å². The average molecular weight is 735 g/mol. The summed E-state index contributed by atoms with van der Waals surface area (Å²) >= 11 is 9.47. The molecular weight excluding hydrogens is 706 g/mol. The first-order valence-electron chi connectivity index (χ1n) is 13.8. The van der Waals surface area contributed by atoms with Crippen molar-refractivity contribution in [3.8, 4) is 0 Å². The fourth-order valence-electron chi connectivity index (χ4n) is 5.95. The lowest BCUT2D eigenvalue weighted by atomic mass is 9.92. The van der Waals surface area contributed by atoms with Crippen LogP contribution in [0, 0.1) is 5.92 Å². The molecule has 0 bridgehead atoms. The Kier molecular flexibility index (Phi) is 8.23. The lowest BCUT2D eigenvalue weighted by Crippen LogP contribution is -2.49. The van der Waals surface area contributed by atoms with Gasteiger partial charge >= 0.3 is 13.5 Å². The second-order valence-corrected chi connectivity index (χ2v) is 16.8. The number of H-pyrrole nitrogens is 1. The first-order chi connectivity index (χ1) is 22.2. The molecule has 4 aromatic heterocycles. The number of rotatable bonds is 3. The number of imidazole rings is 2. The molecule has 25 heteroatoms. The van der Waals surface area contributed by atoms with Gasteiger partial charge in [-0.25, -0.2) is 24.5 Å². The number of aliphatic hydroxyl groups excluding tert-OH is 2. The van der Waals surface area contributed by atoms with E-state index in [9.17, 15) is 24.5 Å². The van der Waals surface area contributed by atoms with Crippen LogP contribution in [-0.4, -0.2) is 104 Å². The minimum atomic E-state index is -4.32. The van der Waals surface area contributed by atoms with Crippen LogP contribution in [0.5, 0.6) is 0 Å². The summed E-state index contributed by atoms with van der Waals surface area (Å²) in [7, 11) is 0. The van der Waals surface area contributed by atoms with Crippen LogP contribution in [0.2, 0.25) is 0 Å². The number of nitrogens with one attached hydrogen (secondary N) is 1. The molecule has 0 spiro atoms. The van der Waals surface area contributed by atoms with E-state index in [1.807, 2.05) is 0 Å². The van der Waals surface area contributed by atoms with Gasteiger partial charge in [-0.15, -0.1) is 0 Å². The first kappa shape index (κ1) is 32.9. The number of hydrogen-bond donors (Lipinski definition) is 7. The minimum absolute atomic E-state index is 0.0402. The van der Waals surface area contributed by atoms with E-state index in [0.717, 1.165) is 0 Å². The third kappa shape index (κ3) is 5.67. The molecule has 47 heavy (non-hydrogen) atoms. The van der Waals surface area contributed by atoms with E-state index in [2.05, 4.69) is 42.2 Å². The molecule has 0 amide bonds. The van der Waals surface area contributed by atoms with E-state index >= 15 is 0 Å². The summed E-state index contributed by atoms with van der Waals surface area (Å²) in [6, 6.07) is 0. The van der Waals surface area contributed by atoms with Crippen LogP contribution < -0.4 is 17.0 Å². The molecule has 0 saturated carbocycles. The number of ether oxygens (including phenoxy) is 2. The van der Waals surface area contributed by atoms with E-state index < -0.39 is 87.3 Å². The molecule has 10 atom stereocenters. The summed E-state index contributed by atoms with van der Waals surface area (Å²) in [5.41, 5.74) is 9.69. The van der Waals surface area contributed by atoms with E-state index in [4.69, 9.17) is 50.8 Å². The molecule has 0 aliphatic carbocycles. The van der Waals surface area contributed by atoms with Crippen molar-refractivity contribution < 1.29 is 47.2 Å². The molecule has 3 aliphatic rings. The third-order valence-corrected chi connectivity index (χ3v) is 11.3. The van der Waals surface area contributed by atoms with Crippen LogP contribution in [0.3, 0.4) is 0 Å². The number of aromatic nitrogens is 8. The number of hydrogen-bond acceptors (Lipinski definition) is 18. The maximum atomic E-state index is 13.7. The number of fused-ring (bicyclic) bond motifs is 4. The fourth-order valence-corrected chi connectivity index (χ4v) is 8.99. The molecule has 0 radical (unpaired) electrons. The Balaban J connectivity index is 1.21. The van der Waals surface area contributed by atoms with Crippen molar-refractivity contribution in [2.45, 2.75) is 49.4 Å². The van der Waals surface area contributed by atoms with Gasteiger partial charge in [0.05, 0.1) is 32.5 Å². The SMILES string of the molecule is C[C@H]1[C@H](n2cnc3c(=O)[nH]c(N)nc32)O[C@]2(CO)COP(O)(=S)O[C@H]3[C@@H](O)[C@H](n4cnc5c(N)ncnc54)O[C@@H]3COP(=O)(S)O[C@@H]12. The summed E-state index contributed by atoms with van der Waals surface area (Å²) < 4.78 is 51.8. The highest BCUT2D eigenvalue weighted by Crippen LogP contribution is 2.60. The molecule has 7 heterocycles. The van der Waals surface area contributed by atoms with E-state index in [0.29, 0.717) is 0 Å². The summed E-state index contributed by atoms with van der Waals surface area (Å²) in [5, 5.41) is 22.0. The summed E-state index contributed by atoms with van der Waals surface area (Å²) in [5.74, 6) is -0.863. The zero-order valence-corrected chi connectivity index (χ0v) is 27.5. The number of nitrogen functional groups attached to an aromatic ring is 2. The Morgan fingerprint density at radius 3 is 2.60 bits per heavy atom. The van der Waals surface area contributed by atoms with Crippen molar-refractivity contribution in [2.75, 3.05) is 31.3 Å². The van der Waals surface area contributed by atoms with Crippen LogP contribution in [0.1, 0.15) is 19.4 Å². The van der Waals surface area contributed by atoms with Gasteiger partial charge in [0.25, 0.3) is 5.56 Å². The highest BCUT2D eigenvalue weighted by atomic mass is 32.7. The molecule has 0 aromatic carbocycles. The molecule has 3 aliphatic heterocycles. The normalized spacial score (nSPS) is 38.2. The Labute approximate surface area is 273 Å². The Hall–Kier alpha value is -2.63. The largest absolute Gasteiger partial charge is 0.393 e. The van der Waals surface area contributed by atoms with Gasteiger partial charge in [-0.3, -0.25) is 32.5 Å². The second-order valence-electron chi connectivity index (χ2n) is 11.1. The van der Waals surface area contributed by atoms with Crippen LogP contribution >= 0.6 is 25.8 Å². The van der Waals surface area contributed by atoms with Gasteiger partial charge in [0.2, 0.25) is 5.95 Å². The average Bonchev–Trinajstić information content (AvgIpc) is 3.76. The Bertz CT molecular complexity index is 2010. The summed E-state index contributed by atoms with van der Waals surface area (Å²) in [6.07, 6.45) is -3.86. The molecule has 3 saturated heterocycles. The second kappa shape index (κ2) is 11.8. The molecule has 4 aromatic rings. The van der Waals surface area contributed by atoms with Gasteiger partial charge in [0, 0.05) is 5.92 Å². The van der Waals surface area contributed by atoms with E-state index in [1.54, 1.807) is 6.92 Å².